The lowest BCUT2D eigenvalue weighted by Gasteiger charge is -2.50. The number of ether oxygens (including phenoxy) is 2. The summed E-state index contributed by atoms with van der Waals surface area (Å²) in [4.78, 5) is 14.4. The number of benzene rings is 2. The number of aryl methyl sites for hydroxylation is 1. The second kappa shape index (κ2) is 10.4. The first kappa shape index (κ1) is 25.6. The highest BCUT2D eigenvalue weighted by Gasteiger charge is 2.65. The Hall–Kier alpha value is -2.06. The number of fused-ring (bicyclic) bond motifs is 1. The van der Waals surface area contributed by atoms with E-state index in [0.29, 0.717) is 26.1 Å². The number of hydrogen-bond acceptors (Lipinski definition) is 6. The van der Waals surface area contributed by atoms with Gasteiger partial charge in [-0.15, -0.1) is 0 Å². The SMILES string of the molecule is Cc1ccc(S(=O)(=O)OCCCC(c2ccccc2)C2CC[C@@]3(CCCO3)[C@@]3(CCCO3)C2=O)cc1. The first-order valence-electron chi connectivity index (χ1n) is 13.2. The van der Waals surface area contributed by atoms with Crippen molar-refractivity contribution in [1.29, 1.82) is 0 Å². The summed E-state index contributed by atoms with van der Waals surface area (Å²) in [5.74, 6) is -0.0339. The van der Waals surface area contributed by atoms with Crippen LogP contribution in [-0.2, 0) is 28.6 Å². The third-order valence-electron chi connectivity index (χ3n) is 8.38. The summed E-state index contributed by atoms with van der Waals surface area (Å²) in [5, 5.41) is 0. The van der Waals surface area contributed by atoms with Crippen molar-refractivity contribution in [2.75, 3.05) is 19.8 Å². The molecule has 2 unspecified atom stereocenters. The summed E-state index contributed by atoms with van der Waals surface area (Å²) in [6, 6.07) is 16.8. The Labute approximate surface area is 214 Å². The van der Waals surface area contributed by atoms with E-state index in [4.69, 9.17) is 13.7 Å². The van der Waals surface area contributed by atoms with Crippen LogP contribution in [0.3, 0.4) is 0 Å². The molecule has 2 saturated heterocycles. The van der Waals surface area contributed by atoms with Gasteiger partial charge in [-0.25, -0.2) is 0 Å². The van der Waals surface area contributed by atoms with Crippen LogP contribution in [0.25, 0.3) is 0 Å². The van der Waals surface area contributed by atoms with Crippen molar-refractivity contribution in [2.24, 2.45) is 5.92 Å². The number of Topliss-reactive ketones (excluding diaryl/α,β-unsaturated/α-hetero) is 1. The van der Waals surface area contributed by atoms with Crippen molar-refractivity contribution in [3.8, 4) is 0 Å². The van der Waals surface area contributed by atoms with Crippen molar-refractivity contribution in [3.05, 3.63) is 65.7 Å². The van der Waals surface area contributed by atoms with Crippen LogP contribution in [0.15, 0.2) is 59.5 Å². The molecule has 2 spiro atoms. The van der Waals surface area contributed by atoms with Crippen LogP contribution in [0.2, 0.25) is 0 Å². The summed E-state index contributed by atoms with van der Waals surface area (Å²) in [5.41, 5.74) is 0.771. The fraction of sp³-hybridized carbons (Fsp3) is 0.552. The molecule has 2 aliphatic heterocycles. The lowest BCUT2D eigenvalue weighted by Crippen LogP contribution is -2.64. The summed E-state index contributed by atoms with van der Waals surface area (Å²) < 4.78 is 43.2. The van der Waals surface area contributed by atoms with E-state index in [1.807, 2.05) is 25.1 Å². The zero-order chi connectivity index (χ0) is 25.2. The van der Waals surface area contributed by atoms with Gasteiger partial charge in [0.15, 0.2) is 11.4 Å². The molecule has 4 atom stereocenters. The molecular weight excluding hydrogens is 476 g/mol. The molecule has 2 aromatic rings. The van der Waals surface area contributed by atoms with Crippen LogP contribution in [0.5, 0.6) is 0 Å². The molecule has 36 heavy (non-hydrogen) atoms. The zero-order valence-electron chi connectivity index (χ0n) is 21.0. The van der Waals surface area contributed by atoms with Crippen molar-refractivity contribution >= 4 is 15.9 Å². The highest BCUT2D eigenvalue weighted by atomic mass is 32.2. The average molecular weight is 513 g/mol. The van der Waals surface area contributed by atoms with Gasteiger partial charge in [-0.2, -0.15) is 8.42 Å². The van der Waals surface area contributed by atoms with E-state index in [2.05, 4.69) is 12.1 Å². The molecule has 0 amide bonds. The molecule has 194 valence electrons. The molecule has 3 aliphatic rings. The Morgan fingerprint density at radius 3 is 2.36 bits per heavy atom. The van der Waals surface area contributed by atoms with Crippen LogP contribution in [0.1, 0.15) is 68.4 Å². The third-order valence-corrected chi connectivity index (χ3v) is 9.70. The molecule has 6 nitrogen and oxygen atoms in total. The molecule has 0 bridgehead atoms. The van der Waals surface area contributed by atoms with Gasteiger partial charge in [-0.1, -0.05) is 48.0 Å². The normalized spacial score (nSPS) is 29.2. The fourth-order valence-corrected chi connectivity index (χ4v) is 7.52. The highest BCUT2D eigenvalue weighted by Crippen LogP contribution is 2.54. The minimum Gasteiger partial charge on any atom is -0.371 e. The van der Waals surface area contributed by atoms with Gasteiger partial charge in [0.25, 0.3) is 10.1 Å². The van der Waals surface area contributed by atoms with Gasteiger partial charge in [-0.05, 0) is 81.9 Å². The third kappa shape index (κ3) is 4.67. The molecule has 1 aliphatic carbocycles. The predicted octanol–water partition coefficient (Wildman–Crippen LogP) is 5.34. The number of carbonyl (C=O) groups is 1. The minimum atomic E-state index is -3.81. The van der Waals surface area contributed by atoms with E-state index in [0.717, 1.165) is 49.7 Å². The molecule has 3 fully saturated rings. The van der Waals surface area contributed by atoms with Gasteiger partial charge in [0, 0.05) is 19.1 Å². The first-order valence-corrected chi connectivity index (χ1v) is 14.6. The Morgan fingerprint density at radius 2 is 1.69 bits per heavy atom. The Balaban J connectivity index is 1.32. The van der Waals surface area contributed by atoms with Crippen molar-refractivity contribution in [2.45, 2.75) is 80.3 Å². The lowest BCUT2D eigenvalue weighted by atomic mass is 9.60. The molecular formula is C29H36O6S. The number of carbonyl (C=O) groups excluding carboxylic acids is 1. The van der Waals surface area contributed by atoms with Gasteiger partial charge >= 0.3 is 0 Å². The standard InChI is InChI=1S/C29H36O6S/c1-22-11-13-24(14-12-22)36(31,32)35-21-5-10-25(23-8-3-2-4-9-23)26-15-18-28(16-6-19-33-28)29(27(26)30)17-7-20-34-29/h2-4,8-9,11-14,25-26H,5-7,10,15-21H2,1H3/t25?,26?,28-,29+/m0/s1. The molecule has 0 radical (unpaired) electrons. The Kier molecular flexibility index (Phi) is 7.37. The monoisotopic (exact) mass is 512 g/mol. The number of hydrogen-bond donors (Lipinski definition) is 0. The van der Waals surface area contributed by atoms with Gasteiger partial charge in [0.2, 0.25) is 0 Å². The maximum Gasteiger partial charge on any atom is 0.296 e. The van der Waals surface area contributed by atoms with E-state index in [1.165, 1.54) is 0 Å². The Morgan fingerprint density at radius 1 is 0.972 bits per heavy atom. The summed E-state index contributed by atoms with van der Waals surface area (Å²) in [6.45, 7) is 3.28. The molecule has 2 aromatic carbocycles. The molecule has 2 heterocycles. The Bertz CT molecular complexity index is 1150. The topological polar surface area (TPSA) is 78.9 Å². The molecule has 0 aromatic heterocycles. The van der Waals surface area contributed by atoms with Crippen LogP contribution >= 0.6 is 0 Å². The van der Waals surface area contributed by atoms with Gasteiger partial charge in [-0.3, -0.25) is 8.98 Å². The van der Waals surface area contributed by atoms with E-state index >= 15 is 0 Å². The summed E-state index contributed by atoms with van der Waals surface area (Å²) in [7, 11) is -3.81. The van der Waals surface area contributed by atoms with Gasteiger partial charge in [0.05, 0.1) is 11.5 Å². The zero-order valence-corrected chi connectivity index (χ0v) is 21.8. The largest absolute Gasteiger partial charge is 0.371 e. The van der Waals surface area contributed by atoms with Crippen LogP contribution in [-0.4, -0.2) is 45.2 Å². The van der Waals surface area contributed by atoms with Crippen molar-refractivity contribution in [3.63, 3.8) is 0 Å². The first-order chi connectivity index (χ1) is 17.4. The van der Waals surface area contributed by atoms with Gasteiger partial charge < -0.3 is 9.47 Å². The minimum absolute atomic E-state index is 0.0239. The maximum absolute atomic E-state index is 14.2. The summed E-state index contributed by atoms with van der Waals surface area (Å²) >= 11 is 0. The van der Waals surface area contributed by atoms with Crippen LogP contribution in [0, 0.1) is 12.8 Å². The van der Waals surface area contributed by atoms with E-state index in [1.54, 1.807) is 24.3 Å². The number of rotatable bonds is 8. The van der Waals surface area contributed by atoms with E-state index in [9.17, 15) is 13.2 Å². The van der Waals surface area contributed by atoms with Gasteiger partial charge in [0.1, 0.15) is 5.60 Å². The lowest BCUT2D eigenvalue weighted by molar-refractivity contribution is -0.199. The molecule has 7 heteroatoms. The molecule has 5 rings (SSSR count). The van der Waals surface area contributed by atoms with E-state index in [-0.39, 0.29) is 29.1 Å². The summed E-state index contributed by atoms with van der Waals surface area (Å²) in [6.07, 6.45) is 6.23. The second-order valence-electron chi connectivity index (χ2n) is 10.5. The second-order valence-corrected chi connectivity index (χ2v) is 12.1. The van der Waals surface area contributed by atoms with E-state index < -0.39 is 21.3 Å². The highest BCUT2D eigenvalue weighted by molar-refractivity contribution is 7.86. The average Bonchev–Trinajstić information content (AvgIpc) is 3.56. The maximum atomic E-state index is 14.2. The molecule has 1 saturated carbocycles. The quantitative estimate of drug-likeness (QED) is 0.351. The van der Waals surface area contributed by atoms with Crippen molar-refractivity contribution in [1.82, 2.24) is 0 Å². The number of ketones is 1. The predicted molar refractivity (Wildman–Crippen MR) is 136 cm³/mol. The fourth-order valence-electron chi connectivity index (χ4n) is 6.58. The van der Waals surface area contributed by atoms with Crippen LogP contribution < -0.4 is 0 Å². The molecule has 0 N–H and O–H groups in total. The smallest absolute Gasteiger partial charge is 0.296 e. The van der Waals surface area contributed by atoms with Crippen molar-refractivity contribution < 1.29 is 26.9 Å². The van der Waals surface area contributed by atoms with Crippen LogP contribution in [0.4, 0.5) is 0 Å².